The molecule has 5 nitrogen and oxygen atoms in total. The molecule has 1 aromatic rings. The van der Waals surface area contributed by atoms with E-state index in [2.05, 4.69) is 24.1 Å². The Morgan fingerprint density at radius 2 is 2.00 bits per heavy atom. The normalized spacial score (nSPS) is 11.2. The zero-order chi connectivity index (χ0) is 15.2. The van der Waals surface area contributed by atoms with Gasteiger partial charge in [-0.3, -0.25) is 4.79 Å². The van der Waals surface area contributed by atoms with E-state index >= 15 is 0 Å². The van der Waals surface area contributed by atoms with Crippen molar-refractivity contribution in [2.75, 3.05) is 32.6 Å². The van der Waals surface area contributed by atoms with Crippen LogP contribution in [0.3, 0.4) is 0 Å². The highest BCUT2D eigenvalue weighted by molar-refractivity contribution is 5.93. The minimum absolute atomic E-state index is 0.0594. The molecule has 1 heterocycles. The summed E-state index contributed by atoms with van der Waals surface area (Å²) < 4.78 is 0. The number of aliphatic hydroxyl groups excluding tert-OH is 1. The van der Waals surface area contributed by atoms with Gasteiger partial charge in [0.2, 0.25) is 0 Å². The van der Waals surface area contributed by atoms with Crippen LogP contribution in [0.1, 0.15) is 37.0 Å². The molecule has 0 aromatic carbocycles. The second-order valence-corrected chi connectivity index (χ2v) is 5.35. The highest BCUT2D eigenvalue weighted by atomic mass is 16.3. The third-order valence-electron chi connectivity index (χ3n) is 3.90. The zero-order valence-electron chi connectivity index (χ0n) is 12.8. The number of nitrogens with zero attached hydrogens (tertiary/aromatic N) is 2. The van der Waals surface area contributed by atoms with E-state index in [0.29, 0.717) is 12.1 Å². The molecule has 0 radical (unpaired) electrons. The van der Waals surface area contributed by atoms with Gasteiger partial charge in [0.25, 0.3) is 5.91 Å². The monoisotopic (exact) mass is 279 g/mol. The molecule has 0 unspecified atom stereocenters. The molecule has 0 aliphatic carbocycles. The Bertz CT molecular complexity index is 417. The molecule has 112 valence electrons. The average Bonchev–Trinajstić information content (AvgIpc) is 2.49. The number of aromatic nitrogens is 1. The Morgan fingerprint density at radius 1 is 1.35 bits per heavy atom. The van der Waals surface area contributed by atoms with Gasteiger partial charge >= 0.3 is 0 Å². The predicted octanol–water partition coefficient (Wildman–Crippen LogP) is 1.99. The van der Waals surface area contributed by atoms with Crippen LogP contribution in [0, 0.1) is 5.41 Å². The molecule has 0 fully saturated rings. The molecule has 20 heavy (non-hydrogen) atoms. The highest BCUT2D eigenvalue weighted by Gasteiger charge is 2.25. The molecular weight excluding hydrogens is 254 g/mol. The standard InChI is InChI=1S/C15H25N3O2/c1-5-15(6-2,11-19)10-17-13-8-7-12(9-16-13)14(20)18(3)4/h7-9,19H,5-6,10-11H2,1-4H3,(H,16,17). The Balaban J connectivity index is 2.69. The van der Waals surface area contributed by atoms with Gasteiger partial charge in [0.1, 0.15) is 5.82 Å². The molecule has 1 rings (SSSR count). The van der Waals surface area contributed by atoms with Crippen LogP contribution in [-0.4, -0.2) is 48.1 Å². The van der Waals surface area contributed by atoms with Crippen LogP contribution in [0.4, 0.5) is 5.82 Å². The highest BCUT2D eigenvalue weighted by Crippen LogP contribution is 2.25. The van der Waals surface area contributed by atoms with Gasteiger partial charge in [-0.25, -0.2) is 4.98 Å². The maximum Gasteiger partial charge on any atom is 0.254 e. The van der Waals surface area contributed by atoms with Gasteiger partial charge in [-0.05, 0) is 25.0 Å². The van der Waals surface area contributed by atoms with E-state index in [9.17, 15) is 9.90 Å². The van der Waals surface area contributed by atoms with Crippen molar-refractivity contribution >= 4 is 11.7 Å². The van der Waals surface area contributed by atoms with Crippen molar-refractivity contribution in [1.82, 2.24) is 9.88 Å². The van der Waals surface area contributed by atoms with Crippen molar-refractivity contribution < 1.29 is 9.90 Å². The first-order valence-corrected chi connectivity index (χ1v) is 7.00. The van der Waals surface area contributed by atoms with Crippen LogP contribution in [0.5, 0.6) is 0 Å². The van der Waals surface area contributed by atoms with Crippen molar-refractivity contribution in [2.24, 2.45) is 5.41 Å². The molecule has 0 aliphatic heterocycles. The second-order valence-electron chi connectivity index (χ2n) is 5.35. The maximum absolute atomic E-state index is 11.7. The number of aliphatic hydroxyl groups is 1. The van der Waals surface area contributed by atoms with Crippen molar-refractivity contribution in [2.45, 2.75) is 26.7 Å². The van der Waals surface area contributed by atoms with E-state index in [1.807, 2.05) is 0 Å². The molecule has 0 spiro atoms. The summed E-state index contributed by atoms with van der Waals surface area (Å²) in [5.41, 5.74) is 0.458. The lowest BCUT2D eigenvalue weighted by molar-refractivity contribution is 0.0827. The molecule has 0 bridgehead atoms. The number of carbonyl (C=O) groups excluding carboxylic acids is 1. The third kappa shape index (κ3) is 3.93. The van der Waals surface area contributed by atoms with E-state index in [4.69, 9.17) is 0 Å². The van der Waals surface area contributed by atoms with Crippen LogP contribution in [0.15, 0.2) is 18.3 Å². The van der Waals surface area contributed by atoms with E-state index in [1.165, 1.54) is 4.90 Å². The molecule has 2 N–H and O–H groups in total. The first-order chi connectivity index (χ1) is 9.48. The van der Waals surface area contributed by atoms with E-state index in [1.54, 1.807) is 32.4 Å². The van der Waals surface area contributed by atoms with Crippen LogP contribution in [0.2, 0.25) is 0 Å². The fourth-order valence-corrected chi connectivity index (χ4v) is 1.94. The smallest absolute Gasteiger partial charge is 0.254 e. The molecule has 0 aliphatic rings. The van der Waals surface area contributed by atoms with Gasteiger partial charge in [-0.2, -0.15) is 0 Å². The summed E-state index contributed by atoms with van der Waals surface area (Å²) in [5, 5.41) is 12.8. The molecule has 5 heteroatoms. The van der Waals surface area contributed by atoms with Crippen LogP contribution < -0.4 is 5.32 Å². The van der Waals surface area contributed by atoms with Crippen molar-refractivity contribution in [1.29, 1.82) is 0 Å². The van der Waals surface area contributed by atoms with Crippen molar-refractivity contribution in [3.05, 3.63) is 23.9 Å². The third-order valence-corrected chi connectivity index (χ3v) is 3.90. The van der Waals surface area contributed by atoms with Crippen molar-refractivity contribution in [3.63, 3.8) is 0 Å². The fourth-order valence-electron chi connectivity index (χ4n) is 1.94. The summed E-state index contributed by atoms with van der Waals surface area (Å²) in [4.78, 5) is 17.5. The zero-order valence-corrected chi connectivity index (χ0v) is 12.8. The number of amides is 1. The van der Waals surface area contributed by atoms with Gasteiger partial charge in [0.05, 0.1) is 12.2 Å². The Hall–Kier alpha value is -1.62. The molecule has 0 atom stereocenters. The van der Waals surface area contributed by atoms with Gasteiger partial charge in [-0.1, -0.05) is 13.8 Å². The number of nitrogens with one attached hydrogen (secondary N) is 1. The first kappa shape index (κ1) is 16.4. The van der Waals surface area contributed by atoms with Crippen molar-refractivity contribution in [3.8, 4) is 0 Å². The first-order valence-electron chi connectivity index (χ1n) is 7.00. The van der Waals surface area contributed by atoms with Gasteiger partial charge in [-0.15, -0.1) is 0 Å². The van der Waals surface area contributed by atoms with Crippen LogP contribution in [-0.2, 0) is 0 Å². The summed E-state index contributed by atoms with van der Waals surface area (Å²) in [6.45, 7) is 4.98. The van der Waals surface area contributed by atoms with E-state index in [-0.39, 0.29) is 17.9 Å². The average molecular weight is 279 g/mol. The molecule has 1 amide bonds. The molecular formula is C15H25N3O2. The lowest BCUT2D eigenvalue weighted by Gasteiger charge is -2.29. The van der Waals surface area contributed by atoms with Crippen LogP contribution in [0.25, 0.3) is 0 Å². The summed E-state index contributed by atoms with van der Waals surface area (Å²) in [5.74, 6) is 0.663. The second kappa shape index (κ2) is 7.24. The molecule has 0 saturated heterocycles. The lowest BCUT2D eigenvalue weighted by atomic mass is 9.83. The van der Waals surface area contributed by atoms with Gasteiger partial charge in [0, 0.05) is 32.3 Å². The van der Waals surface area contributed by atoms with Crippen LogP contribution >= 0.6 is 0 Å². The van der Waals surface area contributed by atoms with E-state index in [0.717, 1.165) is 18.7 Å². The molecule has 1 aromatic heterocycles. The summed E-state index contributed by atoms with van der Waals surface area (Å²) in [6, 6.07) is 3.56. The largest absolute Gasteiger partial charge is 0.396 e. The minimum Gasteiger partial charge on any atom is -0.396 e. The number of hydrogen-bond acceptors (Lipinski definition) is 4. The number of pyridine rings is 1. The Kier molecular flexibility index (Phi) is 5.95. The number of hydrogen-bond donors (Lipinski definition) is 2. The minimum atomic E-state index is -0.111. The summed E-state index contributed by atoms with van der Waals surface area (Å²) >= 11 is 0. The Morgan fingerprint density at radius 3 is 2.40 bits per heavy atom. The number of carbonyl (C=O) groups is 1. The quantitative estimate of drug-likeness (QED) is 0.801. The lowest BCUT2D eigenvalue weighted by Crippen LogP contribution is -2.32. The summed E-state index contributed by atoms with van der Waals surface area (Å²) in [6.07, 6.45) is 3.39. The SMILES string of the molecule is CCC(CC)(CO)CNc1ccc(C(=O)N(C)C)cn1. The van der Waals surface area contributed by atoms with Gasteiger partial charge in [0.15, 0.2) is 0 Å². The number of anilines is 1. The topological polar surface area (TPSA) is 65.5 Å². The predicted molar refractivity (Wildman–Crippen MR) is 80.8 cm³/mol. The van der Waals surface area contributed by atoms with Gasteiger partial charge < -0.3 is 15.3 Å². The Labute approximate surface area is 121 Å². The summed E-state index contributed by atoms with van der Waals surface area (Å²) in [7, 11) is 3.43. The molecule has 0 saturated carbocycles. The fraction of sp³-hybridized carbons (Fsp3) is 0.600. The number of rotatable bonds is 7. The van der Waals surface area contributed by atoms with E-state index < -0.39 is 0 Å². The maximum atomic E-state index is 11.7.